The lowest BCUT2D eigenvalue weighted by Gasteiger charge is -1.91. The van der Waals surface area contributed by atoms with Crippen molar-refractivity contribution in [3.63, 3.8) is 0 Å². The summed E-state index contributed by atoms with van der Waals surface area (Å²) in [6, 6.07) is 0. The van der Waals surface area contributed by atoms with Crippen molar-refractivity contribution in [1.82, 2.24) is 4.98 Å². The average molecular weight is 198 g/mol. The topological polar surface area (TPSA) is 109 Å². The second-order valence-corrected chi connectivity index (χ2v) is 2.90. The molecule has 0 fully saturated rings. The predicted molar refractivity (Wildman–Crippen MR) is 47.8 cm³/mol. The first-order valence-corrected chi connectivity index (χ1v) is 4.07. The largest absolute Gasteiger partial charge is 0.364 e. The van der Waals surface area contributed by atoms with Crippen LogP contribution in [-0.2, 0) is 9.59 Å². The number of amides is 2. The van der Waals surface area contributed by atoms with Gasteiger partial charge in [-0.15, -0.1) is 11.3 Å². The molecular weight excluding hydrogens is 192 g/mol. The Balaban J connectivity index is 2.85. The third-order valence-corrected chi connectivity index (χ3v) is 1.96. The number of hydrogen-bond acceptors (Lipinski definition) is 5. The van der Waals surface area contributed by atoms with Crippen LogP contribution >= 0.6 is 11.3 Å². The van der Waals surface area contributed by atoms with Crippen molar-refractivity contribution in [2.45, 2.75) is 0 Å². The highest BCUT2D eigenvalue weighted by atomic mass is 32.1. The number of nitrogens with one attached hydrogen (secondary N) is 2. The summed E-state index contributed by atoms with van der Waals surface area (Å²) in [5, 5.41) is 11.3. The molecule has 13 heavy (non-hydrogen) atoms. The van der Waals surface area contributed by atoms with Crippen molar-refractivity contribution in [1.29, 1.82) is 5.41 Å². The molecule has 0 aliphatic heterocycles. The molecule has 0 spiro atoms. The summed E-state index contributed by atoms with van der Waals surface area (Å²) < 4.78 is 0. The van der Waals surface area contributed by atoms with Gasteiger partial charge in [0.05, 0.1) is 0 Å². The molecule has 0 radical (unpaired) electrons. The highest BCUT2D eigenvalue weighted by Crippen LogP contribution is 2.14. The summed E-state index contributed by atoms with van der Waals surface area (Å²) >= 11 is 1.12. The van der Waals surface area contributed by atoms with Crippen molar-refractivity contribution < 1.29 is 9.59 Å². The van der Waals surface area contributed by atoms with Gasteiger partial charge in [-0.1, -0.05) is 0 Å². The van der Waals surface area contributed by atoms with Crippen LogP contribution in [0.25, 0.3) is 0 Å². The van der Waals surface area contributed by atoms with Crippen LogP contribution in [0.15, 0.2) is 5.38 Å². The fourth-order valence-electron chi connectivity index (χ4n) is 0.631. The number of aromatic nitrogens is 1. The maximum absolute atomic E-state index is 10.5. The lowest BCUT2D eigenvalue weighted by Crippen LogP contribution is -2.23. The number of anilines is 1. The Bertz CT molecular complexity index is 359. The van der Waals surface area contributed by atoms with Gasteiger partial charge in [0.15, 0.2) is 5.13 Å². The second-order valence-electron chi connectivity index (χ2n) is 2.04. The molecule has 6 nitrogen and oxygen atoms in total. The molecule has 1 rings (SSSR count). The van der Waals surface area contributed by atoms with E-state index in [0.29, 0.717) is 11.5 Å². The summed E-state index contributed by atoms with van der Waals surface area (Å²) in [7, 11) is 0. The van der Waals surface area contributed by atoms with Crippen LogP contribution < -0.4 is 11.1 Å². The van der Waals surface area contributed by atoms with Gasteiger partial charge in [0.1, 0.15) is 11.4 Å². The number of carbonyl (C=O) groups is 2. The van der Waals surface area contributed by atoms with E-state index < -0.39 is 5.91 Å². The first-order chi connectivity index (χ1) is 6.15. The zero-order chi connectivity index (χ0) is 9.84. The zero-order valence-electron chi connectivity index (χ0n) is 6.40. The van der Waals surface area contributed by atoms with Crippen LogP contribution in [0, 0.1) is 5.41 Å². The summed E-state index contributed by atoms with van der Waals surface area (Å²) in [6.45, 7) is 0. The van der Waals surface area contributed by atoms with Gasteiger partial charge >= 0.3 is 0 Å². The van der Waals surface area contributed by atoms with Gasteiger partial charge in [-0.3, -0.25) is 15.0 Å². The van der Waals surface area contributed by atoms with Crippen molar-refractivity contribution in [2.75, 3.05) is 5.32 Å². The van der Waals surface area contributed by atoms with Crippen molar-refractivity contribution in [3.8, 4) is 0 Å². The molecule has 0 aliphatic rings. The molecule has 1 aromatic heterocycles. The molecule has 0 bridgehead atoms. The van der Waals surface area contributed by atoms with E-state index >= 15 is 0 Å². The lowest BCUT2D eigenvalue weighted by molar-refractivity contribution is -0.112. The Kier molecular flexibility index (Phi) is 2.70. The predicted octanol–water partition coefficient (Wildman–Crippen LogP) is -0.435. The Morgan fingerprint density at radius 2 is 2.46 bits per heavy atom. The third kappa shape index (κ3) is 2.09. The summed E-state index contributed by atoms with van der Waals surface area (Å²) in [5.74, 6) is -0.844. The fourth-order valence-corrected chi connectivity index (χ4v) is 1.29. The fraction of sp³-hybridized carbons (Fsp3) is 0. The van der Waals surface area contributed by atoms with Crippen LogP contribution in [-0.4, -0.2) is 23.0 Å². The molecule has 1 heterocycles. The van der Waals surface area contributed by atoms with Gasteiger partial charge in [-0.2, -0.15) is 0 Å². The van der Waals surface area contributed by atoms with E-state index in [0.717, 1.165) is 11.3 Å². The number of thiazole rings is 1. The van der Waals surface area contributed by atoms with Gasteiger partial charge in [0.2, 0.25) is 6.41 Å². The second kappa shape index (κ2) is 3.76. The summed E-state index contributed by atoms with van der Waals surface area (Å²) in [5.41, 5.74) is 4.67. The zero-order valence-corrected chi connectivity index (χ0v) is 7.22. The van der Waals surface area contributed by atoms with E-state index in [1.54, 1.807) is 0 Å². The molecule has 0 aromatic carbocycles. The number of primary amides is 1. The monoisotopic (exact) mass is 198 g/mol. The molecule has 0 aliphatic carbocycles. The molecule has 0 saturated heterocycles. The molecule has 68 valence electrons. The summed E-state index contributed by atoms with van der Waals surface area (Å²) in [4.78, 5) is 24.3. The Morgan fingerprint density at radius 3 is 3.00 bits per heavy atom. The first-order valence-electron chi connectivity index (χ1n) is 3.19. The molecule has 2 amide bonds. The van der Waals surface area contributed by atoms with Gasteiger partial charge in [-0.05, 0) is 0 Å². The van der Waals surface area contributed by atoms with Crippen molar-refractivity contribution >= 4 is 34.5 Å². The molecule has 0 atom stereocenters. The van der Waals surface area contributed by atoms with E-state index in [4.69, 9.17) is 11.1 Å². The lowest BCUT2D eigenvalue weighted by atomic mass is 10.3. The molecule has 7 heteroatoms. The van der Waals surface area contributed by atoms with E-state index in [-0.39, 0.29) is 11.4 Å². The summed E-state index contributed by atoms with van der Waals surface area (Å²) in [6.07, 6.45) is 0.469. The Labute approximate surface area is 77.3 Å². The standard InChI is InChI=1S/C6H6N4O2S/c7-4(5(8)12)3-1-13-6(10-3)9-2-11/h1-2,7H,(H2,8,12)(H,9,10,11). The van der Waals surface area contributed by atoms with Crippen LogP contribution in [0.2, 0.25) is 0 Å². The normalized spacial score (nSPS) is 9.23. The van der Waals surface area contributed by atoms with Gasteiger partial charge in [0.25, 0.3) is 5.91 Å². The smallest absolute Gasteiger partial charge is 0.268 e. The van der Waals surface area contributed by atoms with Gasteiger partial charge in [0, 0.05) is 5.38 Å². The van der Waals surface area contributed by atoms with Crippen LogP contribution in [0.5, 0.6) is 0 Å². The van der Waals surface area contributed by atoms with Gasteiger partial charge in [-0.25, -0.2) is 4.98 Å². The average Bonchev–Trinajstić information content (AvgIpc) is 2.52. The van der Waals surface area contributed by atoms with Crippen LogP contribution in [0.1, 0.15) is 5.69 Å². The molecule has 0 unspecified atom stereocenters. The quantitative estimate of drug-likeness (QED) is 0.450. The molecular formula is C6H6N4O2S. The van der Waals surface area contributed by atoms with Crippen LogP contribution in [0.3, 0.4) is 0 Å². The SMILES string of the molecule is N=C(C(N)=O)c1csc(NC=O)n1. The van der Waals surface area contributed by atoms with Crippen LogP contribution in [0.4, 0.5) is 5.13 Å². The van der Waals surface area contributed by atoms with E-state index in [1.807, 2.05) is 0 Å². The third-order valence-electron chi connectivity index (χ3n) is 1.19. The molecule has 1 aromatic rings. The first kappa shape index (κ1) is 9.33. The van der Waals surface area contributed by atoms with E-state index in [1.165, 1.54) is 5.38 Å². The van der Waals surface area contributed by atoms with Crippen molar-refractivity contribution in [2.24, 2.45) is 5.73 Å². The highest BCUT2D eigenvalue weighted by Gasteiger charge is 2.11. The number of rotatable bonds is 4. The van der Waals surface area contributed by atoms with E-state index in [9.17, 15) is 9.59 Å². The maximum atomic E-state index is 10.5. The number of carbonyl (C=O) groups excluding carboxylic acids is 2. The molecule has 4 N–H and O–H groups in total. The minimum absolute atomic E-state index is 0.168. The minimum atomic E-state index is -0.844. The number of nitrogens with two attached hydrogens (primary N) is 1. The number of hydrogen-bond donors (Lipinski definition) is 3. The Morgan fingerprint density at radius 1 is 1.77 bits per heavy atom. The van der Waals surface area contributed by atoms with Gasteiger partial charge < -0.3 is 11.1 Å². The number of nitrogens with zero attached hydrogens (tertiary/aromatic N) is 1. The minimum Gasteiger partial charge on any atom is -0.364 e. The Hall–Kier alpha value is -1.76. The highest BCUT2D eigenvalue weighted by molar-refractivity contribution is 7.14. The maximum Gasteiger partial charge on any atom is 0.268 e. The van der Waals surface area contributed by atoms with Crippen molar-refractivity contribution in [3.05, 3.63) is 11.1 Å². The molecule has 0 saturated carbocycles. The van der Waals surface area contributed by atoms with E-state index in [2.05, 4.69) is 10.3 Å².